The number of nitrogens with one attached hydrogen (secondary N) is 1. The summed E-state index contributed by atoms with van der Waals surface area (Å²) in [7, 11) is 0. The Morgan fingerprint density at radius 2 is 1.91 bits per heavy atom. The lowest BCUT2D eigenvalue weighted by Gasteiger charge is -2.27. The molecule has 0 aliphatic heterocycles. The first kappa shape index (κ1) is 18.0. The lowest BCUT2D eigenvalue weighted by atomic mass is 9.85. The number of hydrogen-bond acceptors (Lipinski definition) is 3. The van der Waals surface area contributed by atoms with Crippen LogP contribution in [0.5, 0.6) is 0 Å². The minimum absolute atomic E-state index is 0.0140. The van der Waals surface area contributed by atoms with Gasteiger partial charge in [-0.05, 0) is 40.0 Å². The second-order valence-electron chi connectivity index (χ2n) is 8.86. The molecule has 2 atom stereocenters. The molecular formula is C18H32N4O. The summed E-state index contributed by atoms with van der Waals surface area (Å²) >= 11 is 0. The Labute approximate surface area is 140 Å². The Morgan fingerprint density at radius 3 is 2.43 bits per heavy atom. The summed E-state index contributed by atoms with van der Waals surface area (Å²) in [6.45, 7) is 12.7. The monoisotopic (exact) mass is 320 g/mol. The van der Waals surface area contributed by atoms with Gasteiger partial charge < -0.3 is 11.1 Å². The smallest absolute Gasteiger partial charge is 0.228 e. The second-order valence-corrected chi connectivity index (χ2v) is 8.86. The molecule has 130 valence electrons. The molecule has 1 saturated carbocycles. The van der Waals surface area contributed by atoms with E-state index in [0.29, 0.717) is 0 Å². The molecule has 0 aromatic carbocycles. The largest absolute Gasteiger partial charge is 0.328 e. The van der Waals surface area contributed by atoms with E-state index in [9.17, 15) is 4.79 Å². The Morgan fingerprint density at radius 1 is 1.26 bits per heavy atom. The van der Waals surface area contributed by atoms with E-state index < -0.39 is 0 Å². The predicted molar refractivity (Wildman–Crippen MR) is 94.5 cm³/mol. The fourth-order valence-corrected chi connectivity index (χ4v) is 3.04. The third kappa shape index (κ3) is 4.34. The molecule has 0 saturated heterocycles. The molecule has 23 heavy (non-hydrogen) atoms. The fourth-order valence-electron chi connectivity index (χ4n) is 3.04. The van der Waals surface area contributed by atoms with E-state index in [0.717, 1.165) is 37.2 Å². The number of rotatable bonds is 2. The molecule has 1 aromatic rings. The van der Waals surface area contributed by atoms with Gasteiger partial charge in [0.25, 0.3) is 0 Å². The summed E-state index contributed by atoms with van der Waals surface area (Å²) < 4.78 is 1.92. The zero-order chi connectivity index (χ0) is 17.4. The van der Waals surface area contributed by atoms with Gasteiger partial charge in [0.05, 0.1) is 11.2 Å². The number of nitrogens with zero attached hydrogens (tertiary/aromatic N) is 2. The quantitative estimate of drug-likeness (QED) is 0.877. The maximum Gasteiger partial charge on any atom is 0.228 e. The molecule has 1 fully saturated rings. The van der Waals surface area contributed by atoms with E-state index in [1.54, 1.807) is 0 Å². The van der Waals surface area contributed by atoms with E-state index >= 15 is 0 Å². The zero-order valence-corrected chi connectivity index (χ0v) is 15.4. The number of nitrogens with two attached hydrogens (primary N) is 1. The van der Waals surface area contributed by atoms with Crippen LogP contribution in [0.3, 0.4) is 0 Å². The van der Waals surface area contributed by atoms with Crippen molar-refractivity contribution in [1.82, 2.24) is 9.78 Å². The van der Waals surface area contributed by atoms with E-state index in [-0.39, 0.29) is 28.8 Å². The molecule has 2 unspecified atom stereocenters. The van der Waals surface area contributed by atoms with Crippen molar-refractivity contribution in [3.05, 3.63) is 11.8 Å². The summed E-state index contributed by atoms with van der Waals surface area (Å²) in [5.41, 5.74) is 6.77. The van der Waals surface area contributed by atoms with Crippen molar-refractivity contribution in [2.45, 2.75) is 84.2 Å². The lowest BCUT2D eigenvalue weighted by molar-refractivity contribution is -0.121. The van der Waals surface area contributed by atoms with Gasteiger partial charge in [-0.1, -0.05) is 27.2 Å². The summed E-state index contributed by atoms with van der Waals surface area (Å²) in [6.07, 6.45) is 3.76. The molecule has 2 rings (SSSR count). The summed E-state index contributed by atoms with van der Waals surface area (Å²) in [6, 6.07) is 2.16. The van der Waals surface area contributed by atoms with Gasteiger partial charge in [0, 0.05) is 23.4 Å². The van der Waals surface area contributed by atoms with Crippen LogP contribution in [0.25, 0.3) is 0 Å². The first-order valence-electron chi connectivity index (χ1n) is 8.66. The van der Waals surface area contributed by atoms with Crippen LogP contribution in [0.2, 0.25) is 0 Å². The van der Waals surface area contributed by atoms with Crippen molar-refractivity contribution in [2.24, 2.45) is 11.7 Å². The third-order valence-corrected chi connectivity index (χ3v) is 4.45. The Balaban J connectivity index is 2.24. The average molecular weight is 320 g/mol. The summed E-state index contributed by atoms with van der Waals surface area (Å²) in [4.78, 5) is 12.6. The van der Waals surface area contributed by atoms with Gasteiger partial charge >= 0.3 is 0 Å². The molecule has 1 aliphatic rings. The molecular weight excluding hydrogens is 288 g/mol. The molecule has 1 heterocycles. The lowest BCUT2D eigenvalue weighted by Crippen LogP contribution is -2.35. The van der Waals surface area contributed by atoms with Crippen LogP contribution >= 0.6 is 0 Å². The number of carbonyl (C=O) groups excluding carboxylic acids is 1. The molecule has 0 spiro atoms. The van der Waals surface area contributed by atoms with Gasteiger partial charge in [-0.3, -0.25) is 4.79 Å². The summed E-state index contributed by atoms with van der Waals surface area (Å²) in [5.74, 6) is 0.873. The van der Waals surface area contributed by atoms with Crippen molar-refractivity contribution in [1.29, 1.82) is 0 Å². The van der Waals surface area contributed by atoms with E-state index in [4.69, 9.17) is 10.8 Å². The van der Waals surface area contributed by atoms with E-state index in [2.05, 4.69) is 46.9 Å². The second kappa shape index (κ2) is 6.27. The van der Waals surface area contributed by atoms with Crippen molar-refractivity contribution in [2.75, 3.05) is 5.32 Å². The molecule has 1 aliphatic carbocycles. The first-order chi connectivity index (χ1) is 10.5. The average Bonchev–Trinajstić information content (AvgIpc) is 2.82. The van der Waals surface area contributed by atoms with Gasteiger partial charge in [0.2, 0.25) is 5.91 Å². The van der Waals surface area contributed by atoms with Gasteiger partial charge in [-0.15, -0.1) is 0 Å². The number of aromatic nitrogens is 2. The van der Waals surface area contributed by atoms with Crippen LogP contribution in [0.4, 0.5) is 5.82 Å². The predicted octanol–water partition coefficient (Wildman–Crippen LogP) is 3.39. The Hall–Kier alpha value is -1.36. The molecule has 1 aromatic heterocycles. The van der Waals surface area contributed by atoms with Crippen molar-refractivity contribution in [3.8, 4) is 0 Å². The molecule has 5 heteroatoms. The SMILES string of the molecule is CC(C)(C)c1cc(NC(=O)C2CCCC(N)C2)n(C(C)(C)C)n1. The fraction of sp³-hybridized carbons (Fsp3) is 0.778. The maximum atomic E-state index is 12.6. The Kier molecular flexibility index (Phi) is 4.90. The highest BCUT2D eigenvalue weighted by molar-refractivity contribution is 5.92. The first-order valence-corrected chi connectivity index (χ1v) is 8.66. The van der Waals surface area contributed by atoms with Crippen LogP contribution in [0.1, 0.15) is 72.9 Å². The highest BCUT2D eigenvalue weighted by Crippen LogP contribution is 2.30. The number of anilines is 1. The van der Waals surface area contributed by atoms with Crippen LogP contribution in [0, 0.1) is 5.92 Å². The van der Waals surface area contributed by atoms with Crippen molar-refractivity contribution >= 4 is 11.7 Å². The summed E-state index contributed by atoms with van der Waals surface area (Å²) in [5, 5.41) is 7.85. The Bertz CT molecular complexity index is 563. The van der Waals surface area contributed by atoms with Crippen LogP contribution in [-0.4, -0.2) is 21.7 Å². The standard InChI is InChI=1S/C18H32N4O/c1-17(2,3)14-11-15(22(21-14)18(4,5)6)20-16(23)12-8-7-9-13(19)10-12/h11-13H,7-10,19H2,1-6H3,(H,20,23). The zero-order valence-electron chi connectivity index (χ0n) is 15.4. The normalized spacial score (nSPS) is 22.9. The highest BCUT2D eigenvalue weighted by Gasteiger charge is 2.29. The van der Waals surface area contributed by atoms with E-state index in [1.165, 1.54) is 0 Å². The van der Waals surface area contributed by atoms with Crippen LogP contribution in [-0.2, 0) is 15.7 Å². The number of hydrogen-bond donors (Lipinski definition) is 2. The number of amides is 1. The van der Waals surface area contributed by atoms with Gasteiger partial charge in [0.1, 0.15) is 5.82 Å². The minimum atomic E-state index is -0.185. The molecule has 3 N–H and O–H groups in total. The van der Waals surface area contributed by atoms with E-state index in [1.807, 2.05) is 10.7 Å². The van der Waals surface area contributed by atoms with Crippen LogP contribution in [0.15, 0.2) is 6.07 Å². The molecule has 0 bridgehead atoms. The molecule has 1 amide bonds. The highest BCUT2D eigenvalue weighted by atomic mass is 16.2. The molecule has 0 radical (unpaired) electrons. The van der Waals surface area contributed by atoms with Gasteiger partial charge in [-0.25, -0.2) is 4.68 Å². The van der Waals surface area contributed by atoms with Gasteiger partial charge in [0.15, 0.2) is 0 Å². The van der Waals surface area contributed by atoms with Gasteiger partial charge in [-0.2, -0.15) is 5.10 Å². The number of carbonyl (C=O) groups is 1. The topological polar surface area (TPSA) is 72.9 Å². The minimum Gasteiger partial charge on any atom is -0.328 e. The van der Waals surface area contributed by atoms with Crippen molar-refractivity contribution < 1.29 is 4.79 Å². The third-order valence-electron chi connectivity index (χ3n) is 4.45. The van der Waals surface area contributed by atoms with Crippen molar-refractivity contribution in [3.63, 3.8) is 0 Å². The molecule has 5 nitrogen and oxygen atoms in total. The van der Waals surface area contributed by atoms with Crippen LogP contribution < -0.4 is 11.1 Å². The maximum absolute atomic E-state index is 12.6.